The molecule has 4 nitrogen and oxygen atoms in total. The molecule has 1 aliphatic carbocycles. The lowest BCUT2D eigenvalue weighted by atomic mass is 9.76. The summed E-state index contributed by atoms with van der Waals surface area (Å²) >= 11 is 0. The molecule has 19 heavy (non-hydrogen) atoms. The first-order chi connectivity index (χ1) is 9.13. The van der Waals surface area contributed by atoms with E-state index in [1.54, 1.807) is 0 Å². The van der Waals surface area contributed by atoms with Gasteiger partial charge in [-0.25, -0.2) is 0 Å². The number of nitrogens with two attached hydrogens (primary N) is 1. The fraction of sp³-hybridized carbons (Fsp3) is 0.667. The molecule has 1 aliphatic rings. The van der Waals surface area contributed by atoms with E-state index in [1.165, 1.54) is 32.1 Å². The Hall–Kier alpha value is -1.45. The van der Waals surface area contributed by atoms with E-state index >= 15 is 0 Å². The standard InChI is InChI=1S/C15H25N3O/c1-3-19-14-12(16)7-8-13(18-14)17-11-15(2)9-5-4-6-10-15/h7-8H,3-6,9-11,16H2,1-2H3,(H,17,18). The largest absolute Gasteiger partial charge is 0.476 e. The van der Waals surface area contributed by atoms with Gasteiger partial charge in [-0.3, -0.25) is 0 Å². The maximum Gasteiger partial charge on any atom is 0.239 e. The van der Waals surface area contributed by atoms with Gasteiger partial charge in [-0.15, -0.1) is 0 Å². The summed E-state index contributed by atoms with van der Waals surface area (Å²) in [6, 6.07) is 3.77. The van der Waals surface area contributed by atoms with E-state index in [2.05, 4.69) is 17.2 Å². The van der Waals surface area contributed by atoms with Crippen molar-refractivity contribution in [3.8, 4) is 5.88 Å². The number of nitrogens with one attached hydrogen (secondary N) is 1. The van der Waals surface area contributed by atoms with Crippen molar-refractivity contribution in [3.05, 3.63) is 12.1 Å². The normalized spacial score (nSPS) is 18.0. The second-order valence-electron chi connectivity index (χ2n) is 5.75. The number of aromatic nitrogens is 1. The maximum atomic E-state index is 5.83. The minimum atomic E-state index is 0.396. The topological polar surface area (TPSA) is 60.2 Å². The van der Waals surface area contributed by atoms with Gasteiger partial charge >= 0.3 is 0 Å². The highest BCUT2D eigenvalue weighted by Gasteiger charge is 2.26. The molecule has 0 aliphatic heterocycles. The molecule has 0 spiro atoms. The van der Waals surface area contributed by atoms with Crippen molar-refractivity contribution in [2.45, 2.75) is 46.0 Å². The Labute approximate surface area is 115 Å². The van der Waals surface area contributed by atoms with Gasteiger partial charge in [0.25, 0.3) is 0 Å². The molecule has 0 aromatic carbocycles. The van der Waals surface area contributed by atoms with Gasteiger partial charge < -0.3 is 15.8 Å². The number of hydrogen-bond donors (Lipinski definition) is 2. The fourth-order valence-corrected chi connectivity index (χ4v) is 2.69. The summed E-state index contributed by atoms with van der Waals surface area (Å²) in [6.45, 7) is 5.85. The molecular formula is C15H25N3O. The Morgan fingerprint density at radius 1 is 1.32 bits per heavy atom. The van der Waals surface area contributed by atoms with E-state index in [-0.39, 0.29) is 0 Å². The van der Waals surface area contributed by atoms with Gasteiger partial charge in [0, 0.05) is 6.54 Å². The zero-order chi connectivity index (χ0) is 13.7. The van der Waals surface area contributed by atoms with E-state index in [9.17, 15) is 0 Å². The van der Waals surface area contributed by atoms with Gasteiger partial charge in [0.1, 0.15) is 5.82 Å². The van der Waals surface area contributed by atoms with Crippen molar-refractivity contribution in [1.82, 2.24) is 4.98 Å². The molecule has 1 aromatic rings. The summed E-state index contributed by atoms with van der Waals surface area (Å²) in [4.78, 5) is 4.42. The lowest BCUT2D eigenvalue weighted by molar-refractivity contribution is 0.233. The highest BCUT2D eigenvalue weighted by atomic mass is 16.5. The lowest BCUT2D eigenvalue weighted by Gasteiger charge is -2.33. The van der Waals surface area contributed by atoms with E-state index in [1.807, 2.05) is 19.1 Å². The summed E-state index contributed by atoms with van der Waals surface area (Å²) < 4.78 is 5.42. The smallest absolute Gasteiger partial charge is 0.239 e. The minimum absolute atomic E-state index is 0.396. The second-order valence-corrected chi connectivity index (χ2v) is 5.75. The molecule has 0 radical (unpaired) electrons. The molecule has 3 N–H and O–H groups in total. The highest BCUT2D eigenvalue weighted by molar-refractivity contribution is 5.53. The molecule has 0 unspecified atom stereocenters. The van der Waals surface area contributed by atoms with Gasteiger partial charge in [0.15, 0.2) is 0 Å². The Kier molecular flexibility index (Phi) is 4.51. The third-order valence-electron chi connectivity index (χ3n) is 3.93. The van der Waals surface area contributed by atoms with Gasteiger partial charge in [-0.1, -0.05) is 26.2 Å². The molecule has 0 amide bonds. The Bertz CT molecular complexity index is 414. The van der Waals surface area contributed by atoms with Crippen LogP contribution in [0, 0.1) is 5.41 Å². The van der Waals surface area contributed by atoms with E-state index in [0.717, 1.165) is 12.4 Å². The molecule has 1 saturated carbocycles. The van der Waals surface area contributed by atoms with Crippen molar-refractivity contribution >= 4 is 11.5 Å². The van der Waals surface area contributed by atoms with Crippen LogP contribution in [0.15, 0.2) is 12.1 Å². The van der Waals surface area contributed by atoms with Crippen LogP contribution in [0.25, 0.3) is 0 Å². The quantitative estimate of drug-likeness (QED) is 0.854. The van der Waals surface area contributed by atoms with Crippen LogP contribution in [0.1, 0.15) is 46.0 Å². The Morgan fingerprint density at radius 3 is 2.74 bits per heavy atom. The molecule has 1 heterocycles. The lowest BCUT2D eigenvalue weighted by Crippen LogP contribution is -2.29. The van der Waals surface area contributed by atoms with Gasteiger partial charge in [-0.2, -0.15) is 4.98 Å². The molecule has 106 valence electrons. The van der Waals surface area contributed by atoms with Crippen LogP contribution < -0.4 is 15.8 Å². The van der Waals surface area contributed by atoms with Crippen molar-refractivity contribution < 1.29 is 4.74 Å². The van der Waals surface area contributed by atoms with Crippen LogP contribution in [-0.2, 0) is 0 Å². The number of hydrogen-bond acceptors (Lipinski definition) is 4. The third-order valence-corrected chi connectivity index (χ3v) is 3.93. The molecule has 1 fully saturated rings. The Morgan fingerprint density at radius 2 is 2.05 bits per heavy atom. The molecule has 0 saturated heterocycles. The van der Waals surface area contributed by atoms with Gasteiger partial charge in [0.05, 0.1) is 12.3 Å². The Balaban J connectivity index is 1.97. The molecule has 0 atom stereocenters. The SMILES string of the molecule is CCOc1nc(NCC2(C)CCCCC2)ccc1N. The summed E-state index contributed by atoms with van der Waals surface area (Å²) in [7, 11) is 0. The monoisotopic (exact) mass is 263 g/mol. The van der Waals surface area contributed by atoms with E-state index < -0.39 is 0 Å². The number of pyridine rings is 1. The number of nitrogen functional groups attached to an aromatic ring is 1. The first kappa shape index (κ1) is 14.0. The first-order valence-corrected chi connectivity index (χ1v) is 7.26. The summed E-state index contributed by atoms with van der Waals surface area (Å²) in [5.74, 6) is 1.38. The van der Waals surface area contributed by atoms with Crippen LogP contribution in [0.4, 0.5) is 11.5 Å². The highest BCUT2D eigenvalue weighted by Crippen LogP contribution is 2.35. The van der Waals surface area contributed by atoms with Crippen molar-refractivity contribution in [2.75, 3.05) is 24.2 Å². The fourth-order valence-electron chi connectivity index (χ4n) is 2.69. The molecule has 1 aromatic heterocycles. The van der Waals surface area contributed by atoms with Crippen LogP contribution in [0.5, 0.6) is 5.88 Å². The predicted molar refractivity (Wildman–Crippen MR) is 79.5 cm³/mol. The van der Waals surface area contributed by atoms with Crippen LogP contribution in [0.3, 0.4) is 0 Å². The minimum Gasteiger partial charge on any atom is -0.476 e. The molecule has 0 bridgehead atoms. The summed E-state index contributed by atoms with van der Waals surface area (Å²) in [6.07, 6.45) is 6.67. The summed E-state index contributed by atoms with van der Waals surface area (Å²) in [5, 5.41) is 3.43. The van der Waals surface area contributed by atoms with E-state index in [4.69, 9.17) is 10.5 Å². The van der Waals surface area contributed by atoms with Crippen molar-refractivity contribution in [2.24, 2.45) is 5.41 Å². The zero-order valence-corrected chi connectivity index (χ0v) is 12.0. The van der Waals surface area contributed by atoms with Gasteiger partial charge in [0.2, 0.25) is 5.88 Å². The predicted octanol–water partition coefficient (Wildman–Crippen LogP) is 3.44. The van der Waals surface area contributed by atoms with Crippen molar-refractivity contribution in [1.29, 1.82) is 0 Å². The zero-order valence-electron chi connectivity index (χ0n) is 12.0. The van der Waals surface area contributed by atoms with Crippen LogP contribution in [0.2, 0.25) is 0 Å². The van der Waals surface area contributed by atoms with Crippen molar-refractivity contribution in [3.63, 3.8) is 0 Å². The molecular weight excluding hydrogens is 238 g/mol. The van der Waals surface area contributed by atoms with E-state index in [0.29, 0.717) is 23.6 Å². The second kappa shape index (κ2) is 6.13. The van der Waals surface area contributed by atoms with Crippen LogP contribution >= 0.6 is 0 Å². The van der Waals surface area contributed by atoms with Crippen LogP contribution in [-0.4, -0.2) is 18.1 Å². The number of ether oxygens (including phenoxy) is 1. The number of anilines is 2. The number of rotatable bonds is 5. The average molecular weight is 263 g/mol. The average Bonchev–Trinajstić information content (AvgIpc) is 2.41. The summed E-state index contributed by atoms with van der Waals surface area (Å²) in [5.41, 5.74) is 6.81. The first-order valence-electron chi connectivity index (χ1n) is 7.26. The van der Waals surface area contributed by atoms with Gasteiger partial charge in [-0.05, 0) is 37.3 Å². The molecule has 2 rings (SSSR count). The molecule has 4 heteroatoms. The number of nitrogens with zero attached hydrogens (tertiary/aromatic N) is 1. The third kappa shape index (κ3) is 3.75. The maximum absolute atomic E-state index is 5.83.